The Labute approximate surface area is 184 Å². The van der Waals surface area contributed by atoms with Gasteiger partial charge in [0.1, 0.15) is 18.1 Å². The number of rotatable bonds is 13. The lowest BCUT2D eigenvalue weighted by atomic mass is 10.0. The first kappa shape index (κ1) is 26.6. The summed E-state index contributed by atoms with van der Waals surface area (Å²) < 4.78 is 0. The number of carboxylic acid groups (broad SMARTS) is 2. The van der Waals surface area contributed by atoms with E-state index in [2.05, 4.69) is 25.9 Å². The average Bonchev–Trinajstić information content (AvgIpc) is 3.20. The molecule has 178 valence electrons. The van der Waals surface area contributed by atoms with Gasteiger partial charge in [0.2, 0.25) is 17.7 Å². The molecule has 0 spiro atoms. The molecule has 32 heavy (non-hydrogen) atoms. The van der Waals surface area contributed by atoms with E-state index in [1.807, 2.05) is 0 Å². The zero-order valence-electron chi connectivity index (χ0n) is 18.1. The quantitative estimate of drug-likeness (QED) is 0.181. The Morgan fingerprint density at radius 1 is 1.03 bits per heavy atom. The molecule has 0 aliphatic rings. The number of aliphatic carboxylic acids is 2. The van der Waals surface area contributed by atoms with Gasteiger partial charge in [-0.2, -0.15) is 0 Å². The monoisotopic (exact) mass is 454 g/mol. The Kier molecular flexibility index (Phi) is 10.3. The number of aromatic amines is 1. The molecule has 0 saturated heterocycles. The molecule has 1 aromatic heterocycles. The van der Waals surface area contributed by atoms with Crippen LogP contribution in [0.15, 0.2) is 12.5 Å². The lowest BCUT2D eigenvalue weighted by molar-refractivity contribution is -0.143. The molecule has 0 aliphatic carbocycles. The van der Waals surface area contributed by atoms with Crippen molar-refractivity contribution in [3.8, 4) is 0 Å². The molecule has 0 saturated carbocycles. The van der Waals surface area contributed by atoms with Gasteiger partial charge in [0, 0.05) is 24.7 Å². The predicted molar refractivity (Wildman–Crippen MR) is 111 cm³/mol. The summed E-state index contributed by atoms with van der Waals surface area (Å²) >= 11 is 0. The number of H-pyrrole nitrogens is 1. The lowest BCUT2D eigenvalue weighted by Crippen LogP contribution is -2.57. The highest BCUT2D eigenvalue weighted by molar-refractivity contribution is 5.94. The fraction of sp³-hybridized carbons (Fsp3) is 0.579. The fourth-order valence-corrected chi connectivity index (χ4v) is 2.71. The van der Waals surface area contributed by atoms with E-state index in [9.17, 15) is 24.0 Å². The number of hydrogen-bond acceptors (Lipinski definition) is 7. The predicted octanol–water partition coefficient (Wildman–Crippen LogP) is -1.64. The van der Waals surface area contributed by atoms with E-state index in [0.29, 0.717) is 5.69 Å². The van der Waals surface area contributed by atoms with E-state index in [0.717, 1.165) is 0 Å². The Balaban J connectivity index is 2.69. The summed E-state index contributed by atoms with van der Waals surface area (Å²) in [7, 11) is 0. The van der Waals surface area contributed by atoms with E-state index in [1.165, 1.54) is 19.4 Å². The second-order valence-corrected chi connectivity index (χ2v) is 7.68. The van der Waals surface area contributed by atoms with Gasteiger partial charge in [0.15, 0.2) is 0 Å². The van der Waals surface area contributed by atoms with Crippen molar-refractivity contribution in [2.45, 2.75) is 64.2 Å². The van der Waals surface area contributed by atoms with Crippen LogP contribution < -0.4 is 21.7 Å². The van der Waals surface area contributed by atoms with Crippen LogP contribution in [0.1, 0.15) is 39.3 Å². The topological polar surface area (TPSA) is 217 Å². The summed E-state index contributed by atoms with van der Waals surface area (Å²) in [4.78, 5) is 65.9. The molecule has 1 rings (SSSR count). The van der Waals surface area contributed by atoms with Crippen molar-refractivity contribution in [3.05, 3.63) is 18.2 Å². The molecule has 0 fully saturated rings. The third-order valence-corrected chi connectivity index (χ3v) is 4.59. The molecule has 1 aromatic rings. The van der Waals surface area contributed by atoms with Gasteiger partial charge in [-0.25, -0.2) is 9.78 Å². The number of nitrogens with one attached hydrogen (secondary N) is 4. The number of nitrogens with zero attached hydrogens (tertiary/aromatic N) is 1. The average molecular weight is 454 g/mol. The van der Waals surface area contributed by atoms with Crippen molar-refractivity contribution in [3.63, 3.8) is 0 Å². The molecule has 0 aliphatic heterocycles. The molecule has 4 atom stereocenters. The molecule has 13 nitrogen and oxygen atoms in total. The number of imidazole rings is 1. The lowest BCUT2D eigenvalue weighted by Gasteiger charge is -2.25. The van der Waals surface area contributed by atoms with Crippen molar-refractivity contribution >= 4 is 29.7 Å². The van der Waals surface area contributed by atoms with Crippen LogP contribution in [0.3, 0.4) is 0 Å². The number of amides is 3. The van der Waals surface area contributed by atoms with Crippen LogP contribution in [0.4, 0.5) is 0 Å². The Morgan fingerprint density at radius 3 is 2.19 bits per heavy atom. The Bertz CT molecular complexity index is 811. The van der Waals surface area contributed by atoms with Crippen LogP contribution in [0.25, 0.3) is 0 Å². The van der Waals surface area contributed by atoms with Gasteiger partial charge < -0.3 is 36.9 Å². The first-order valence-electron chi connectivity index (χ1n) is 10.0. The van der Waals surface area contributed by atoms with Gasteiger partial charge in [-0.3, -0.25) is 19.2 Å². The number of carbonyl (C=O) groups is 5. The highest BCUT2D eigenvalue weighted by Gasteiger charge is 2.30. The number of carboxylic acids is 2. The second kappa shape index (κ2) is 12.4. The van der Waals surface area contributed by atoms with E-state index >= 15 is 0 Å². The first-order valence-corrected chi connectivity index (χ1v) is 10.0. The van der Waals surface area contributed by atoms with Gasteiger partial charge in [0.25, 0.3) is 0 Å². The van der Waals surface area contributed by atoms with Crippen molar-refractivity contribution in [2.75, 3.05) is 0 Å². The third kappa shape index (κ3) is 8.71. The van der Waals surface area contributed by atoms with E-state index in [4.69, 9.17) is 15.9 Å². The molecule has 4 unspecified atom stereocenters. The maximum Gasteiger partial charge on any atom is 0.326 e. The molecular formula is C19H30N6O7. The summed E-state index contributed by atoms with van der Waals surface area (Å²) in [5.74, 6) is -4.95. The van der Waals surface area contributed by atoms with E-state index in [1.54, 1.807) is 13.8 Å². The zero-order valence-corrected chi connectivity index (χ0v) is 18.1. The standard InChI is InChI=1S/C19H30N6O7/c1-9(2)15(25-17(29)12(20)6-11-7-21-8-22-11)18(30)23-10(3)16(28)24-13(19(31)32)4-5-14(26)27/h7-10,12-13,15H,4-6,20H2,1-3H3,(H,21,22)(H,23,30)(H,24,28)(H,25,29)(H,26,27)(H,31,32). The summed E-state index contributed by atoms with van der Waals surface area (Å²) in [6, 6.07) is -4.48. The van der Waals surface area contributed by atoms with Crippen molar-refractivity contribution in [2.24, 2.45) is 11.7 Å². The van der Waals surface area contributed by atoms with Gasteiger partial charge >= 0.3 is 11.9 Å². The second-order valence-electron chi connectivity index (χ2n) is 7.68. The molecule has 3 amide bonds. The summed E-state index contributed by atoms with van der Waals surface area (Å²) in [6.45, 7) is 4.73. The number of nitrogens with two attached hydrogens (primary N) is 1. The molecule has 0 radical (unpaired) electrons. The summed E-state index contributed by atoms with van der Waals surface area (Å²) in [5, 5.41) is 25.0. The zero-order chi connectivity index (χ0) is 24.4. The van der Waals surface area contributed by atoms with Crippen LogP contribution in [0.5, 0.6) is 0 Å². The minimum absolute atomic E-state index is 0.185. The summed E-state index contributed by atoms with van der Waals surface area (Å²) in [5.41, 5.74) is 6.54. The molecule has 0 aromatic carbocycles. The van der Waals surface area contributed by atoms with Crippen molar-refractivity contribution < 1.29 is 34.2 Å². The SMILES string of the molecule is CC(NC(=O)C(NC(=O)C(N)Cc1cnc[nH]1)C(C)C)C(=O)NC(CCC(=O)O)C(=O)O. The number of carbonyl (C=O) groups excluding carboxylic acids is 3. The van der Waals surface area contributed by atoms with Crippen LogP contribution in [0, 0.1) is 5.92 Å². The third-order valence-electron chi connectivity index (χ3n) is 4.59. The maximum atomic E-state index is 12.7. The van der Waals surface area contributed by atoms with Gasteiger partial charge in [-0.1, -0.05) is 13.8 Å². The first-order chi connectivity index (χ1) is 14.9. The molecule has 0 bridgehead atoms. The van der Waals surface area contributed by atoms with Crippen LogP contribution >= 0.6 is 0 Å². The number of aromatic nitrogens is 2. The van der Waals surface area contributed by atoms with Crippen LogP contribution in [-0.2, 0) is 30.4 Å². The fourth-order valence-electron chi connectivity index (χ4n) is 2.71. The van der Waals surface area contributed by atoms with Gasteiger partial charge in [-0.05, 0) is 19.3 Å². The molecule has 8 N–H and O–H groups in total. The van der Waals surface area contributed by atoms with E-state index in [-0.39, 0.29) is 18.8 Å². The largest absolute Gasteiger partial charge is 0.481 e. The normalized spacial score (nSPS) is 14.7. The molecular weight excluding hydrogens is 424 g/mol. The van der Waals surface area contributed by atoms with Crippen molar-refractivity contribution in [1.82, 2.24) is 25.9 Å². The molecule has 1 heterocycles. The van der Waals surface area contributed by atoms with Gasteiger partial charge in [0.05, 0.1) is 12.4 Å². The van der Waals surface area contributed by atoms with Crippen molar-refractivity contribution in [1.29, 1.82) is 0 Å². The Morgan fingerprint density at radius 2 is 1.69 bits per heavy atom. The van der Waals surface area contributed by atoms with Crippen LogP contribution in [0.2, 0.25) is 0 Å². The maximum absolute atomic E-state index is 12.7. The van der Waals surface area contributed by atoms with Crippen LogP contribution in [-0.4, -0.2) is 74.0 Å². The highest BCUT2D eigenvalue weighted by Crippen LogP contribution is 2.05. The minimum atomic E-state index is -1.42. The highest BCUT2D eigenvalue weighted by atomic mass is 16.4. The van der Waals surface area contributed by atoms with E-state index < -0.39 is 60.2 Å². The number of hydrogen-bond donors (Lipinski definition) is 7. The Hall–Kier alpha value is -3.48. The van der Waals surface area contributed by atoms with Gasteiger partial charge in [-0.15, -0.1) is 0 Å². The molecule has 13 heteroatoms. The summed E-state index contributed by atoms with van der Waals surface area (Å²) in [6.07, 6.45) is 2.41. The smallest absolute Gasteiger partial charge is 0.326 e. The minimum Gasteiger partial charge on any atom is -0.481 e.